The van der Waals surface area contributed by atoms with Gasteiger partial charge in [0.05, 0.1) is 15.9 Å². The highest BCUT2D eigenvalue weighted by Crippen LogP contribution is 2.35. The molecule has 27 heavy (non-hydrogen) atoms. The first-order chi connectivity index (χ1) is 13.1. The minimum atomic E-state index is -0.188. The molecule has 3 aromatic rings. The molecule has 0 saturated carbocycles. The zero-order valence-corrected chi connectivity index (χ0v) is 16.2. The van der Waals surface area contributed by atoms with E-state index in [9.17, 15) is 4.79 Å². The molecule has 8 nitrogen and oxygen atoms in total. The summed E-state index contributed by atoms with van der Waals surface area (Å²) in [5, 5.41) is 14.3. The molecule has 1 aliphatic rings. The molecule has 2 N–H and O–H groups in total. The van der Waals surface area contributed by atoms with Gasteiger partial charge in [-0.15, -0.1) is 0 Å². The summed E-state index contributed by atoms with van der Waals surface area (Å²) in [4.78, 5) is 12.3. The van der Waals surface area contributed by atoms with E-state index in [2.05, 4.69) is 36.5 Å². The number of benzene rings is 1. The van der Waals surface area contributed by atoms with Crippen LogP contribution in [0.15, 0.2) is 34.9 Å². The molecule has 9 heteroatoms. The summed E-state index contributed by atoms with van der Waals surface area (Å²) in [6.45, 7) is 3.45. The fourth-order valence-corrected chi connectivity index (χ4v) is 3.10. The Morgan fingerprint density at radius 1 is 1.33 bits per heavy atom. The SMILES string of the molecule is Cc1nn(CCCNC(=O)c2cc(-c3ccc4c(c3)OCO4)n[nH]2)cc1Br. The number of aromatic nitrogens is 4. The van der Waals surface area contributed by atoms with Crippen molar-refractivity contribution in [3.8, 4) is 22.8 Å². The molecule has 0 saturated heterocycles. The second-order valence-electron chi connectivity index (χ2n) is 6.17. The summed E-state index contributed by atoms with van der Waals surface area (Å²) in [5.74, 6) is 1.21. The van der Waals surface area contributed by atoms with Crippen LogP contribution in [0.1, 0.15) is 22.6 Å². The van der Waals surface area contributed by atoms with Crippen molar-refractivity contribution in [2.75, 3.05) is 13.3 Å². The van der Waals surface area contributed by atoms with Crippen LogP contribution in [0.4, 0.5) is 0 Å². The maximum absolute atomic E-state index is 12.3. The van der Waals surface area contributed by atoms with Gasteiger partial charge >= 0.3 is 0 Å². The average molecular weight is 432 g/mol. The number of hydrogen-bond donors (Lipinski definition) is 2. The Hall–Kier alpha value is -2.81. The van der Waals surface area contributed by atoms with Crippen molar-refractivity contribution in [3.05, 3.63) is 46.3 Å². The lowest BCUT2D eigenvalue weighted by molar-refractivity contribution is 0.0947. The number of rotatable bonds is 6. The van der Waals surface area contributed by atoms with Gasteiger partial charge in [-0.25, -0.2) is 0 Å². The van der Waals surface area contributed by atoms with Crippen molar-refractivity contribution in [3.63, 3.8) is 0 Å². The molecular formula is C18H18BrN5O3. The summed E-state index contributed by atoms with van der Waals surface area (Å²) in [5.41, 5.74) is 2.90. The quantitative estimate of drug-likeness (QED) is 0.585. The van der Waals surface area contributed by atoms with Crippen molar-refractivity contribution in [1.82, 2.24) is 25.3 Å². The van der Waals surface area contributed by atoms with Crippen LogP contribution in [0.25, 0.3) is 11.3 Å². The molecule has 0 aliphatic carbocycles. The van der Waals surface area contributed by atoms with Gasteiger partial charge in [-0.3, -0.25) is 14.6 Å². The smallest absolute Gasteiger partial charge is 0.269 e. The Morgan fingerprint density at radius 2 is 2.19 bits per heavy atom. The molecule has 0 fully saturated rings. The fourth-order valence-electron chi connectivity index (χ4n) is 2.79. The molecule has 2 aromatic heterocycles. The van der Waals surface area contributed by atoms with Gasteiger partial charge in [0.15, 0.2) is 11.5 Å². The van der Waals surface area contributed by atoms with Crippen LogP contribution < -0.4 is 14.8 Å². The van der Waals surface area contributed by atoms with Crippen molar-refractivity contribution >= 4 is 21.8 Å². The number of amides is 1. The lowest BCUT2D eigenvalue weighted by Crippen LogP contribution is -2.25. The van der Waals surface area contributed by atoms with Gasteiger partial charge in [-0.2, -0.15) is 10.2 Å². The van der Waals surface area contributed by atoms with Crippen LogP contribution in [0.3, 0.4) is 0 Å². The second kappa shape index (κ2) is 7.43. The number of halogens is 1. The number of carbonyl (C=O) groups excluding carboxylic acids is 1. The third kappa shape index (κ3) is 3.82. The molecule has 0 spiro atoms. The van der Waals surface area contributed by atoms with Crippen molar-refractivity contribution in [2.24, 2.45) is 0 Å². The van der Waals surface area contributed by atoms with E-state index < -0.39 is 0 Å². The van der Waals surface area contributed by atoms with Crippen LogP contribution in [0, 0.1) is 6.92 Å². The van der Waals surface area contributed by atoms with Crippen LogP contribution in [-0.2, 0) is 6.54 Å². The van der Waals surface area contributed by atoms with E-state index in [0.717, 1.165) is 28.7 Å². The zero-order valence-electron chi connectivity index (χ0n) is 14.7. The Morgan fingerprint density at radius 3 is 3.00 bits per heavy atom. The Labute approximate surface area is 164 Å². The highest BCUT2D eigenvalue weighted by Gasteiger charge is 2.16. The molecular weight excluding hydrogens is 414 g/mol. The number of aromatic amines is 1. The molecule has 140 valence electrons. The first-order valence-corrected chi connectivity index (χ1v) is 9.32. The summed E-state index contributed by atoms with van der Waals surface area (Å²) in [7, 11) is 0. The number of nitrogens with one attached hydrogen (secondary N) is 2. The lowest BCUT2D eigenvalue weighted by Gasteiger charge is -2.04. The van der Waals surface area contributed by atoms with Crippen molar-refractivity contribution in [2.45, 2.75) is 19.9 Å². The van der Waals surface area contributed by atoms with Gasteiger partial charge < -0.3 is 14.8 Å². The largest absolute Gasteiger partial charge is 0.454 e. The molecule has 1 aliphatic heterocycles. The number of nitrogens with zero attached hydrogens (tertiary/aromatic N) is 3. The minimum Gasteiger partial charge on any atom is -0.454 e. The molecule has 1 aromatic carbocycles. The van der Waals surface area contributed by atoms with Crippen LogP contribution >= 0.6 is 15.9 Å². The Balaban J connectivity index is 1.32. The molecule has 0 bridgehead atoms. The molecule has 3 heterocycles. The predicted octanol–water partition coefficient (Wildman–Crippen LogP) is 2.89. The van der Waals surface area contributed by atoms with Gasteiger partial charge in [-0.05, 0) is 53.5 Å². The first kappa shape index (κ1) is 17.6. The summed E-state index contributed by atoms with van der Waals surface area (Å²) >= 11 is 3.44. The van der Waals surface area contributed by atoms with E-state index in [0.29, 0.717) is 29.4 Å². The number of carbonyl (C=O) groups is 1. The van der Waals surface area contributed by atoms with E-state index in [1.54, 1.807) is 6.07 Å². The zero-order chi connectivity index (χ0) is 18.8. The monoisotopic (exact) mass is 431 g/mol. The van der Waals surface area contributed by atoms with E-state index in [4.69, 9.17) is 9.47 Å². The third-order valence-corrected chi connectivity index (χ3v) is 5.01. The van der Waals surface area contributed by atoms with Gasteiger partial charge in [0.1, 0.15) is 5.69 Å². The van der Waals surface area contributed by atoms with Crippen LogP contribution in [-0.4, -0.2) is 39.2 Å². The first-order valence-electron chi connectivity index (χ1n) is 8.53. The van der Waals surface area contributed by atoms with Gasteiger partial charge in [-0.1, -0.05) is 0 Å². The number of aryl methyl sites for hydroxylation is 2. The summed E-state index contributed by atoms with van der Waals surface area (Å²) < 4.78 is 13.5. The number of fused-ring (bicyclic) bond motifs is 1. The average Bonchev–Trinajstić information content (AvgIpc) is 3.38. The van der Waals surface area contributed by atoms with E-state index in [-0.39, 0.29) is 12.7 Å². The highest BCUT2D eigenvalue weighted by molar-refractivity contribution is 9.10. The van der Waals surface area contributed by atoms with E-state index >= 15 is 0 Å². The van der Waals surface area contributed by atoms with Crippen LogP contribution in [0.2, 0.25) is 0 Å². The summed E-state index contributed by atoms with van der Waals surface area (Å²) in [6.07, 6.45) is 2.71. The highest BCUT2D eigenvalue weighted by atomic mass is 79.9. The van der Waals surface area contributed by atoms with Gasteiger partial charge in [0.2, 0.25) is 6.79 Å². The molecule has 0 radical (unpaired) electrons. The second-order valence-corrected chi connectivity index (χ2v) is 7.02. The van der Waals surface area contributed by atoms with E-state index in [1.807, 2.05) is 36.0 Å². The van der Waals surface area contributed by atoms with E-state index in [1.165, 1.54) is 0 Å². The maximum Gasteiger partial charge on any atom is 0.269 e. The third-order valence-electron chi connectivity index (χ3n) is 4.23. The number of H-pyrrole nitrogens is 1. The maximum atomic E-state index is 12.3. The van der Waals surface area contributed by atoms with Gasteiger partial charge in [0, 0.05) is 24.8 Å². The van der Waals surface area contributed by atoms with Gasteiger partial charge in [0.25, 0.3) is 5.91 Å². The van der Waals surface area contributed by atoms with Crippen molar-refractivity contribution < 1.29 is 14.3 Å². The normalized spacial score (nSPS) is 12.4. The number of ether oxygens (including phenoxy) is 2. The van der Waals surface area contributed by atoms with Crippen molar-refractivity contribution in [1.29, 1.82) is 0 Å². The lowest BCUT2D eigenvalue weighted by atomic mass is 10.1. The Bertz CT molecular complexity index is 962. The molecule has 4 rings (SSSR count). The van der Waals surface area contributed by atoms with Crippen LogP contribution in [0.5, 0.6) is 11.5 Å². The molecule has 1 amide bonds. The Kier molecular flexibility index (Phi) is 4.85. The fraction of sp³-hybridized carbons (Fsp3) is 0.278. The number of hydrogen-bond acceptors (Lipinski definition) is 5. The predicted molar refractivity (Wildman–Crippen MR) is 102 cm³/mol. The topological polar surface area (TPSA) is 94.1 Å². The minimum absolute atomic E-state index is 0.188. The molecule has 0 atom stereocenters. The standard InChI is InChI=1S/C18H18BrN5O3/c1-11-13(19)9-24(23-11)6-2-5-20-18(25)15-8-14(21-22-15)12-3-4-16-17(7-12)27-10-26-16/h3-4,7-9H,2,5-6,10H2,1H3,(H,20,25)(H,21,22). The molecule has 0 unspecified atom stereocenters. The summed E-state index contributed by atoms with van der Waals surface area (Å²) in [6, 6.07) is 7.29.